The average molecular weight is 308 g/mol. The molecule has 7 nitrogen and oxygen atoms in total. The molecule has 1 aromatic carbocycles. The highest BCUT2D eigenvalue weighted by atomic mass is 16.6. The predicted octanol–water partition coefficient (Wildman–Crippen LogP) is 3.12. The van der Waals surface area contributed by atoms with E-state index in [9.17, 15) is 24.8 Å². The quantitative estimate of drug-likeness (QED) is 0.594. The van der Waals surface area contributed by atoms with Gasteiger partial charge in [-0.1, -0.05) is 19.9 Å². The van der Waals surface area contributed by atoms with Gasteiger partial charge in [0.05, 0.1) is 16.0 Å². The van der Waals surface area contributed by atoms with Crippen molar-refractivity contribution in [1.29, 1.82) is 0 Å². The summed E-state index contributed by atoms with van der Waals surface area (Å²) in [6.07, 6.45) is 0.498. The summed E-state index contributed by atoms with van der Waals surface area (Å²) in [7, 11) is 0. The largest absolute Gasteiger partial charge is 0.481 e. The number of carboxylic acids is 1. The topological polar surface area (TPSA) is 110 Å². The Morgan fingerprint density at radius 1 is 1.32 bits per heavy atom. The van der Waals surface area contributed by atoms with Crippen LogP contribution < -0.4 is 5.32 Å². The number of nitrogens with one attached hydrogen (secondary N) is 1. The molecule has 0 saturated carbocycles. The molecule has 0 heterocycles. The summed E-state index contributed by atoms with van der Waals surface area (Å²) in [5.41, 5.74) is -0.242. The molecule has 0 fully saturated rings. The van der Waals surface area contributed by atoms with E-state index in [-0.39, 0.29) is 12.1 Å². The Morgan fingerprint density at radius 2 is 1.91 bits per heavy atom. The minimum atomic E-state index is -1.11. The lowest BCUT2D eigenvalue weighted by Crippen LogP contribution is -2.34. The smallest absolute Gasteiger partial charge is 0.310 e. The third-order valence-electron chi connectivity index (χ3n) is 4.01. The predicted molar refractivity (Wildman–Crippen MR) is 81.7 cm³/mol. The number of aliphatic carboxylic acids is 1. The van der Waals surface area contributed by atoms with Crippen LogP contribution in [0.3, 0.4) is 0 Å². The van der Waals surface area contributed by atoms with Crippen LogP contribution >= 0.6 is 0 Å². The SMILES string of the molecule is CCC(CC)(CC(=O)Nc1cc([N+](=O)[O-])ccc1C)C(=O)O. The van der Waals surface area contributed by atoms with Crippen LogP contribution in [0.15, 0.2) is 18.2 Å². The molecule has 1 rings (SSSR count). The molecule has 0 atom stereocenters. The van der Waals surface area contributed by atoms with Crippen molar-refractivity contribution in [1.82, 2.24) is 0 Å². The molecule has 0 bridgehead atoms. The Labute approximate surface area is 128 Å². The monoisotopic (exact) mass is 308 g/mol. The summed E-state index contributed by atoms with van der Waals surface area (Å²) in [6, 6.07) is 4.16. The second-order valence-electron chi connectivity index (χ2n) is 5.27. The zero-order valence-corrected chi connectivity index (χ0v) is 12.9. The normalized spacial score (nSPS) is 11.0. The lowest BCUT2D eigenvalue weighted by atomic mass is 9.79. The maximum Gasteiger partial charge on any atom is 0.310 e. The van der Waals surface area contributed by atoms with Crippen molar-refractivity contribution in [2.45, 2.75) is 40.0 Å². The average Bonchev–Trinajstić information content (AvgIpc) is 2.46. The number of rotatable bonds is 7. The van der Waals surface area contributed by atoms with Crippen molar-refractivity contribution in [2.24, 2.45) is 5.41 Å². The summed E-state index contributed by atoms with van der Waals surface area (Å²) in [6.45, 7) is 5.16. The summed E-state index contributed by atoms with van der Waals surface area (Å²) >= 11 is 0. The number of benzene rings is 1. The zero-order valence-electron chi connectivity index (χ0n) is 12.9. The number of nitro benzene ring substituents is 1. The standard InChI is InChI=1S/C15H20N2O5/c1-4-15(5-2,14(19)20)9-13(18)16-12-8-11(17(21)22)7-6-10(12)3/h6-8H,4-5,9H2,1-3H3,(H,16,18)(H,19,20). The number of carbonyl (C=O) groups excluding carboxylic acids is 1. The van der Waals surface area contributed by atoms with E-state index in [4.69, 9.17) is 0 Å². The summed E-state index contributed by atoms with van der Waals surface area (Å²) in [5, 5.41) is 22.7. The molecule has 7 heteroatoms. The second kappa shape index (κ2) is 7.02. The Morgan fingerprint density at radius 3 is 2.36 bits per heavy atom. The minimum Gasteiger partial charge on any atom is -0.481 e. The first kappa shape index (κ1) is 17.6. The van der Waals surface area contributed by atoms with Gasteiger partial charge in [-0.25, -0.2) is 0 Å². The van der Waals surface area contributed by atoms with Gasteiger partial charge in [0.15, 0.2) is 0 Å². The van der Waals surface area contributed by atoms with Gasteiger partial charge in [0.25, 0.3) is 5.69 Å². The first-order valence-electron chi connectivity index (χ1n) is 7.04. The van der Waals surface area contributed by atoms with E-state index in [1.54, 1.807) is 20.8 Å². The van der Waals surface area contributed by atoms with E-state index < -0.39 is 22.2 Å². The number of hydrogen-bond donors (Lipinski definition) is 2. The number of carboxylic acid groups (broad SMARTS) is 1. The van der Waals surface area contributed by atoms with Crippen molar-refractivity contribution in [3.8, 4) is 0 Å². The van der Waals surface area contributed by atoms with E-state index in [2.05, 4.69) is 5.32 Å². The van der Waals surface area contributed by atoms with Crippen LogP contribution in [-0.4, -0.2) is 21.9 Å². The molecule has 0 unspecified atom stereocenters. The Balaban J connectivity index is 2.95. The van der Waals surface area contributed by atoms with Gasteiger partial charge in [-0.05, 0) is 25.3 Å². The molecule has 0 saturated heterocycles. The lowest BCUT2D eigenvalue weighted by Gasteiger charge is -2.26. The van der Waals surface area contributed by atoms with Gasteiger partial charge in [-0.15, -0.1) is 0 Å². The number of anilines is 1. The third kappa shape index (κ3) is 3.81. The first-order chi connectivity index (χ1) is 10.3. The van der Waals surface area contributed by atoms with Gasteiger partial charge in [0.2, 0.25) is 5.91 Å². The highest BCUT2D eigenvalue weighted by Crippen LogP contribution is 2.32. The van der Waals surface area contributed by atoms with Crippen LogP contribution in [0.4, 0.5) is 11.4 Å². The van der Waals surface area contributed by atoms with Crippen LogP contribution in [-0.2, 0) is 9.59 Å². The fourth-order valence-corrected chi connectivity index (χ4v) is 2.24. The van der Waals surface area contributed by atoms with E-state index >= 15 is 0 Å². The molecule has 0 aliphatic rings. The van der Waals surface area contributed by atoms with Gasteiger partial charge in [-0.3, -0.25) is 19.7 Å². The van der Waals surface area contributed by atoms with Crippen molar-refractivity contribution < 1.29 is 19.6 Å². The summed E-state index contributed by atoms with van der Waals surface area (Å²) in [4.78, 5) is 33.8. The Hall–Kier alpha value is -2.44. The highest BCUT2D eigenvalue weighted by Gasteiger charge is 2.37. The molecule has 0 aromatic heterocycles. The Kier molecular flexibility index (Phi) is 5.62. The van der Waals surface area contributed by atoms with Crippen molar-refractivity contribution in [3.63, 3.8) is 0 Å². The van der Waals surface area contributed by atoms with E-state index in [0.29, 0.717) is 24.1 Å². The maximum atomic E-state index is 12.1. The van der Waals surface area contributed by atoms with Gasteiger partial charge >= 0.3 is 5.97 Å². The molecule has 1 amide bonds. The number of amides is 1. The number of carbonyl (C=O) groups is 2. The van der Waals surface area contributed by atoms with E-state index in [0.717, 1.165) is 0 Å². The molecule has 0 aliphatic carbocycles. The van der Waals surface area contributed by atoms with Gasteiger partial charge in [0.1, 0.15) is 0 Å². The van der Waals surface area contributed by atoms with Crippen LogP contribution in [0.5, 0.6) is 0 Å². The van der Waals surface area contributed by atoms with Gasteiger partial charge in [0, 0.05) is 18.6 Å². The number of aryl methyl sites for hydroxylation is 1. The molecule has 0 radical (unpaired) electrons. The molecular formula is C15H20N2O5. The second-order valence-corrected chi connectivity index (χ2v) is 5.27. The number of nitro groups is 1. The summed E-state index contributed by atoms with van der Waals surface area (Å²) < 4.78 is 0. The van der Waals surface area contributed by atoms with E-state index in [1.165, 1.54) is 18.2 Å². The highest BCUT2D eigenvalue weighted by molar-refractivity contribution is 5.95. The fourth-order valence-electron chi connectivity index (χ4n) is 2.24. The number of nitrogens with zero attached hydrogens (tertiary/aromatic N) is 1. The van der Waals surface area contributed by atoms with Crippen LogP contribution in [0.25, 0.3) is 0 Å². The molecule has 2 N–H and O–H groups in total. The summed E-state index contributed by atoms with van der Waals surface area (Å²) in [5.74, 6) is -1.47. The lowest BCUT2D eigenvalue weighted by molar-refractivity contribution is -0.384. The molecular weight excluding hydrogens is 288 g/mol. The molecule has 120 valence electrons. The molecule has 22 heavy (non-hydrogen) atoms. The fraction of sp³-hybridized carbons (Fsp3) is 0.467. The number of hydrogen-bond acceptors (Lipinski definition) is 4. The maximum absolute atomic E-state index is 12.1. The van der Waals surface area contributed by atoms with Crippen molar-refractivity contribution in [2.75, 3.05) is 5.32 Å². The van der Waals surface area contributed by atoms with Crippen LogP contribution in [0.1, 0.15) is 38.7 Å². The Bertz CT molecular complexity index is 594. The zero-order chi connectivity index (χ0) is 16.9. The minimum absolute atomic E-state index is 0.128. The first-order valence-corrected chi connectivity index (χ1v) is 7.04. The van der Waals surface area contributed by atoms with Crippen molar-refractivity contribution in [3.05, 3.63) is 33.9 Å². The molecule has 0 aliphatic heterocycles. The van der Waals surface area contributed by atoms with Gasteiger partial charge < -0.3 is 10.4 Å². The number of non-ortho nitro benzene ring substituents is 1. The van der Waals surface area contributed by atoms with Crippen LogP contribution in [0.2, 0.25) is 0 Å². The van der Waals surface area contributed by atoms with Crippen molar-refractivity contribution >= 4 is 23.3 Å². The third-order valence-corrected chi connectivity index (χ3v) is 4.01. The molecule has 1 aromatic rings. The molecule has 0 spiro atoms. The van der Waals surface area contributed by atoms with E-state index in [1.807, 2.05) is 0 Å². The van der Waals surface area contributed by atoms with Gasteiger partial charge in [-0.2, -0.15) is 0 Å². The van der Waals surface area contributed by atoms with Crippen LogP contribution in [0, 0.1) is 22.5 Å².